The lowest BCUT2D eigenvalue weighted by Gasteiger charge is -2.01. The molecule has 1 aliphatic heterocycles. The van der Waals surface area contributed by atoms with Crippen molar-refractivity contribution < 1.29 is 4.79 Å². The van der Waals surface area contributed by atoms with Gasteiger partial charge in [-0.3, -0.25) is 14.3 Å². The highest BCUT2D eigenvalue weighted by Gasteiger charge is 2.17. The first-order valence-electron chi connectivity index (χ1n) is 8.53. The summed E-state index contributed by atoms with van der Waals surface area (Å²) in [6.07, 6.45) is 7.30. The quantitative estimate of drug-likeness (QED) is 0.757. The van der Waals surface area contributed by atoms with E-state index in [1.54, 1.807) is 17.0 Å². The van der Waals surface area contributed by atoms with E-state index in [9.17, 15) is 9.59 Å². The Balaban J connectivity index is 1.45. The lowest BCUT2D eigenvalue weighted by atomic mass is 10.2. The summed E-state index contributed by atoms with van der Waals surface area (Å²) in [5.41, 5.74) is 1.43. The highest BCUT2D eigenvalue weighted by atomic mass is 32.1. The van der Waals surface area contributed by atoms with Crippen LogP contribution in [0.4, 0.5) is 5.13 Å². The number of hydrogen-bond acceptors (Lipinski definition) is 6. The monoisotopic (exact) mass is 370 g/mol. The molecular formula is C17H18N6O2S. The lowest BCUT2D eigenvalue weighted by Crippen LogP contribution is -2.30. The van der Waals surface area contributed by atoms with E-state index in [0.29, 0.717) is 11.7 Å². The fraction of sp³-hybridized carbons (Fsp3) is 0.353. The van der Waals surface area contributed by atoms with Crippen LogP contribution in [-0.4, -0.2) is 30.2 Å². The van der Waals surface area contributed by atoms with E-state index >= 15 is 0 Å². The van der Waals surface area contributed by atoms with Crippen LogP contribution in [0.2, 0.25) is 0 Å². The molecule has 4 rings (SSSR count). The Morgan fingerprint density at radius 1 is 1.31 bits per heavy atom. The fourth-order valence-corrected chi connectivity index (χ4v) is 3.74. The highest BCUT2D eigenvalue weighted by Crippen LogP contribution is 2.24. The molecule has 0 fully saturated rings. The molecule has 0 saturated carbocycles. The Labute approximate surface area is 153 Å². The van der Waals surface area contributed by atoms with E-state index in [0.717, 1.165) is 42.8 Å². The van der Waals surface area contributed by atoms with E-state index in [2.05, 4.69) is 20.4 Å². The minimum Gasteiger partial charge on any atom is -0.300 e. The second kappa shape index (κ2) is 7.20. The van der Waals surface area contributed by atoms with Gasteiger partial charge in [-0.05, 0) is 25.0 Å². The number of pyridine rings is 1. The molecule has 26 heavy (non-hydrogen) atoms. The van der Waals surface area contributed by atoms with E-state index < -0.39 is 0 Å². The third-order valence-corrected chi connectivity index (χ3v) is 5.04. The van der Waals surface area contributed by atoms with Gasteiger partial charge in [-0.25, -0.2) is 14.5 Å². The molecule has 0 aliphatic carbocycles. The number of nitrogens with one attached hydrogen (secondary N) is 1. The van der Waals surface area contributed by atoms with E-state index in [1.165, 1.54) is 16.0 Å². The van der Waals surface area contributed by atoms with Gasteiger partial charge in [0.25, 0.3) is 0 Å². The zero-order valence-corrected chi connectivity index (χ0v) is 14.9. The molecule has 0 saturated heterocycles. The number of anilines is 1. The van der Waals surface area contributed by atoms with Gasteiger partial charge >= 0.3 is 5.69 Å². The summed E-state index contributed by atoms with van der Waals surface area (Å²) < 4.78 is 2.93. The molecule has 134 valence electrons. The molecule has 4 heterocycles. The number of carbonyl (C=O) groups is 1. The Kier molecular flexibility index (Phi) is 4.61. The summed E-state index contributed by atoms with van der Waals surface area (Å²) >= 11 is 1.33. The number of aromatic nitrogens is 5. The van der Waals surface area contributed by atoms with Crippen molar-refractivity contribution in [3.63, 3.8) is 0 Å². The molecule has 3 aromatic heterocycles. The fourth-order valence-electron chi connectivity index (χ4n) is 3.00. The van der Waals surface area contributed by atoms with Crippen molar-refractivity contribution >= 4 is 22.4 Å². The molecule has 9 heteroatoms. The molecule has 0 atom stereocenters. The number of amides is 1. The van der Waals surface area contributed by atoms with Crippen LogP contribution in [0.25, 0.3) is 11.3 Å². The largest absolute Gasteiger partial charge is 0.346 e. The Bertz CT molecular complexity index is 975. The zero-order chi connectivity index (χ0) is 17.9. The van der Waals surface area contributed by atoms with E-state index in [1.807, 2.05) is 17.5 Å². The van der Waals surface area contributed by atoms with Gasteiger partial charge in [0, 0.05) is 36.3 Å². The van der Waals surface area contributed by atoms with Gasteiger partial charge in [-0.2, -0.15) is 5.10 Å². The van der Waals surface area contributed by atoms with Gasteiger partial charge in [-0.15, -0.1) is 11.3 Å². The minimum atomic E-state index is -0.313. The molecule has 0 radical (unpaired) electrons. The third-order valence-electron chi connectivity index (χ3n) is 4.28. The van der Waals surface area contributed by atoms with Gasteiger partial charge < -0.3 is 5.32 Å². The maximum Gasteiger partial charge on any atom is 0.346 e. The van der Waals surface area contributed by atoms with E-state index in [4.69, 9.17) is 0 Å². The van der Waals surface area contributed by atoms with Gasteiger partial charge in [-0.1, -0.05) is 6.42 Å². The second-order valence-corrected chi connectivity index (χ2v) is 7.00. The number of hydrogen-bond donors (Lipinski definition) is 1. The summed E-state index contributed by atoms with van der Waals surface area (Å²) in [5.74, 6) is 0.459. The normalized spacial score (nSPS) is 13.8. The van der Waals surface area contributed by atoms with Crippen LogP contribution < -0.4 is 11.0 Å². The number of fused-ring (bicyclic) bond motifs is 1. The maximum absolute atomic E-state index is 12.4. The van der Waals surface area contributed by atoms with Gasteiger partial charge in [0.2, 0.25) is 5.91 Å². The zero-order valence-electron chi connectivity index (χ0n) is 14.1. The van der Waals surface area contributed by atoms with Crippen LogP contribution in [0.15, 0.2) is 34.7 Å². The molecule has 1 amide bonds. The maximum atomic E-state index is 12.4. The van der Waals surface area contributed by atoms with Crippen molar-refractivity contribution in [1.29, 1.82) is 0 Å². The predicted molar refractivity (Wildman–Crippen MR) is 98.0 cm³/mol. The van der Waals surface area contributed by atoms with Gasteiger partial charge in [0.1, 0.15) is 12.4 Å². The van der Waals surface area contributed by atoms with Crippen molar-refractivity contribution in [2.24, 2.45) is 0 Å². The molecule has 0 bridgehead atoms. The van der Waals surface area contributed by atoms with Crippen LogP contribution in [0.3, 0.4) is 0 Å². The molecule has 0 aromatic carbocycles. The minimum absolute atomic E-state index is 0.110. The Morgan fingerprint density at radius 3 is 3.08 bits per heavy atom. The van der Waals surface area contributed by atoms with Crippen molar-refractivity contribution in [3.8, 4) is 11.3 Å². The average Bonchev–Trinajstić information content (AvgIpc) is 3.13. The van der Waals surface area contributed by atoms with Crippen LogP contribution >= 0.6 is 11.3 Å². The molecule has 0 spiro atoms. The standard InChI is InChI=1S/C17H18N6O2S/c24-15(10-23-17(25)22-8-3-1-2-6-14(22)21-23)20-16-19-13(11-26-16)12-5-4-7-18-9-12/h4-5,7,9,11H,1-3,6,8,10H2,(H,19,20,24). The molecule has 0 unspecified atom stereocenters. The van der Waals surface area contributed by atoms with Gasteiger partial charge in [0.05, 0.1) is 5.69 Å². The summed E-state index contributed by atoms with van der Waals surface area (Å²) in [7, 11) is 0. The highest BCUT2D eigenvalue weighted by molar-refractivity contribution is 7.14. The van der Waals surface area contributed by atoms with Crippen LogP contribution in [-0.2, 0) is 24.3 Å². The SMILES string of the molecule is O=C(Cn1nc2n(c1=O)CCCCC2)Nc1nc(-c2cccnc2)cs1. The molecular weight excluding hydrogens is 352 g/mol. The first-order chi connectivity index (χ1) is 12.7. The van der Waals surface area contributed by atoms with E-state index in [-0.39, 0.29) is 18.1 Å². The van der Waals surface area contributed by atoms with Crippen LogP contribution in [0.5, 0.6) is 0 Å². The lowest BCUT2D eigenvalue weighted by molar-refractivity contribution is -0.117. The topological polar surface area (TPSA) is 94.7 Å². The Morgan fingerprint density at radius 2 is 2.23 bits per heavy atom. The summed E-state index contributed by atoms with van der Waals surface area (Å²) in [6.45, 7) is 0.567. The number of rotatable bonds is 4. The second-order valence-electron chi connectivity index (χ2n) is 6.15. The number of thiazole rings is 1. The van der Waals surface area contributed by atoms with Crippen LogP contribution in [0, 0.1) is 0 Å². The van der Waals surface area contributed by atoms with Crippen molar-refractivity contribution in [2.45, 2.75) is 38.8 Å². The first-order valence-corrected chi connectivity index (χ1v) is 9.41. The number of carbonyl (C=O) groups excluding carboxylic acids is 1. The smallest absolute Gasteiger partial charge is 0.300 e. The first kappa shape index (κ1) is 16.6. The predicted octanol–water partition coefficient (Wildman–Crippen LogP) is 1.93. The number of nitrogens with zero attached hydrogens (tertiary/aromatic N) is 5. The summed E-state index contributed by atoms with van der Waals surface area (Å²) in [6, 6.07) is 3.74. The molecule has 1 aliphatic rings. The average molecular weight is 370 g/mol. The summed E-state index contributed by atoms with van der Waals surface area (Å²) in [5, 5.41) is 9.41. The Hall–Kier alpha value is -2.81. The number of aryl methyl sites for hydroxylation is 1. The van der Waals surface area contributed by atoms with Crippen molar-refractivity contribution in [2.75, 3.05) is 5.32 Å². The molecule has 8 nitrogen and oxygen atoms in total. The third kappa shape index (κ3) is 3.43. The van der Waals surface area contributed by atoms with Crippen LogP contribution in [0.1, 0.15) is 25.1 Å². The van der Waals surface area contributed by atoms with Crippen molar-refractivity contribution in [1.82, 2.24) is 24.3 Å². The van der Waals surface area contributed by atoms with Crippen molar-refractivity contribution in [3.05, 3.63) is 46.2 Å². The molecule has 1 N–H and O–H groups in total. The molecule has 3 aromatic rings. The van der Waals surface area contributed by atoms with Gasteiger partial charge in [0.15, 0.2) is 5.13 Å². The summed E-state index contributed by atoms with van der Waals surface area (Å²) in [4.78, 5) is 33.2.